The SMILES string of the molecule is O=C(NCCCc1nnc2ccccn12)N[C@@H]1CCC[C@@H]2OCC[C@H]21. The molecule has 1 saturated heterocycles. The molecule has 0 unspecified atom stereocenters. The standard InChI is InChI=1S/C18H25N5O2/c24-18(20-14-5-3-6-15-13(14)9-12-25-15)19-10-4-8-17-22-21-16-7-1-2-11-23(16)17/h1-2,7,11,13-15H,3-6,8-10,12H2,(H2,19,20,24)/t13-,14+,15-/m0/s1. The Morgan fingerprint density at radius 3 is 3.20 bits per heavy atom. The predicted molar refractivity (Wildman–Crippen MR) is 93.3 cm³/mol. The van der Waals surface area contributed by atoms with Crippen molar-refractivity contribution in [1.29, 1.82) is 0 Å². The summed E-state index contributed by atoms with van der Waals surface area (Å²) in [6.45, 7) is 1.46. The fraction of sp³-hybridized carbons (Fsp3) is 0.611. The smallest absolute Gasteiger partial charge is 0.315 e. The molecule has 3 heterocycles. The zero-order valence-corrected chi connectivity index (χ0v) is 14.4. The number of amides is 2. The number of nitrogens with zero attached hydrogens (tertiary/aromatic N) is 3. The van der Waals surface area contributed by atoms with Gasteiger partial charge in [0.1, 0.15) is 5.82 Å². The lowest BCUT2D eigenvalue weighted by atomic mass is 9.82. The van der Waals surface area contributed by atoms with Crippen molar-refractivity contribution < 1.29 is 9.53 Å². The Morgan fingerprint density at radius 2 is 2.24 bits per heavy atom. The van der Waals surface area contributed by atoms with Gasteiger partial charge in [-0.3, -0.25) is 4.40 Å². The van der Waals surface area contributed by atoms with Crippen LogP contribution in [-0.4, -0.2) is 45.9 Å². The second-order valence-corrected chi connectivity index (χ2v) is 6.95. The van der Waals surface area contributed by atoms with Crippen LogP contribution in [0.5, 0.6) is 0 Å². The maximum absolute atomic E-state index is 12.2. The third-order valence-corrected chi connectivity index (χ3v) is 5.34. The number of hydrogen-bond donors (Lipinski definition) is 2. The minimum Gasteiger partial charge on any atom is -0.378 e. The number of fused-ring (bicyclic) bond motifs is 2. The van der Waals surface area contributed by atoms with E-state index in [1.54, 1.807) is 0 Å². The molecule has 1 aliphatic carbocycles. The molecule has 0 aromatic carbocycles. The first-order valence-electron chi connectivity index (χ1n) is 9.26. The third-order valence-electron chi connectivity index (χ3n) is 5.34. The number of rotatable bonds is 5. The Kier molecular flexibility index (Phi) is 4.83. The number of carbonyl (C=O) groups excluding carboxylic acids is 1. The lowest BCUT2D eigenvalue weighted by Crippen LogP contribution is -2.49. The van der Waals surface area contributed by atoms with Crippen LogP contribution in [0, 0.1) is 5.92 Å². The van der Waals surface area contributed by atoms with Gasteiger partial charge in [0.15, 0.2) is 5.65 Å². The van der Waals surface area contributed by atoms with Crippen molar-refractivity contribution in [3.63, 3.8) is 0 Å². The molecule has 0 radical (unpaired) electrons. The van der Waals surface area contributed by atoms with Crippen LogP contribution in [0.1, 0.15) is 37.9 Å². The van der Waals surface area contributed by atoms with Crippen LogP contribution in [0.15, 0.2) is 24.4 Å². The molecule has 25 heavy (non-hydrogen) atoms. The minimum absolute atomic E-state index is 0.0661. The molecule has 2 amide bonds. The van der Waals surface area contributed by atoms with Crippen molar-refractivity contribution in [1.82, 2.24) is 25.2 Å². The van der Waals surface area contributed by atoms with Gasteiger partial charge in [-0.1, -0.05) is 6.07 Å². The topological polar surface area (TPSA) is 80.6 Å². The van der Waals surface area contributed by atoms with E-state index < -0.39 is 0 Å². The number of hydrogen-bond acceptors (Lipinski definition) is 4. The van der Waals surface area contributed by atoms with E-state index in [9.17, 15) is 4.79 Å². The van der Waals surface area contributed by atoms with Crippen LogP contribution in [-0.2, 0) is 11.2 Å². The highest BCUT2D eigenvalue weighted by Gasteiger charge is 2.38. The summed E-state index contributed by atoms with van der Waals surface area (Å²) in [4.78, 5) is 12.2. The van der Waals surface area contributed by atoms with E-state index in [4.69, 9.17) is 4.74 Å². The second kappa shape index (κ2) is 7.39. The van der Waals surface area contributed by atoms with E-state index in [1.165, 1.54) is 0 Å². The van der Waals surface area contributed by atoms with E-state index in [2.05, 4.69) is 20.8 Å². The molecule has 2 fully saturated rings. The number of ether oxygens (including phenoxy) is 1. The molecule has 2 aromatic heterocycles. The predicted octanol–water partition coefficient (Wildman–Crippen LogP) is 1.92. The first kappa shape index (κ1) is 16.3. The molecule has 134 valence electrons. The van der Waals surface area contributed by atoms with Gasteiger partial charge in [-0.2, -0.15) is 0 Å². The van der Waals surface area contributed by atoms with E-state index >= 15 is 0 Å². The first-order valence-corrected chi connectivity index (χ1v) is 9.26. The van der Waals surface area contributed by atoms with E-state index in [-0.39, 0.29) is 12.1 Å². The fourth-order valence-corrected chi connectivity index (χ4v) is 4.08. The van der Waals surface area contributed by atoms with E-state index in [1.807, 2.05) is 28.8 Å². The molecule has 2 aromatic rings. The van der Waals surface area contributed by atoms with Crippen molar-refractivity contribution in [3.05, 3.63) is 30.2 Å². The monoisotopic (exact) mass is 343 g/mol. The van der Waals surface area contributed by atoms with Crippen LogP contribution < -0.4 is 10.6 Å². The zero-order chi connectivity index (χ0) is 17.1. The summed E-state index contributed by atoms with van der Waals surface area (Å²) in [5, 5.41) is 14.5. The molecule has 4 rings (SSSR count). The average Bonchev–Trinajstić information content (AvgIpc) is 3.26. The Balaban J connectivity index is 1.21. The molecule has 2 N–H and O–H groups in total. The molecule has 1 saturated carbocycles. The molecule has 0 spiro atoms. The average molecular weight is 343 g/mol. The number of carbonyl (C=O) groups is 1. The third kappa shape index (κ3) is 3.61. The van der Waals surface area contributed by atoms with Crippen molar-refractivity contribution in [3.8, 4) is 0 Å². The fourth-order valence-electron chi connectivity index (χ4n) is 4.08. The maximum atomic E-state index is 12.2. The molecular weight excluding hydrogens is 318 g/mol. The quantitative estimate of drug-likeness (QED) is 0.813. The Hall–Kier alpha value is -2.15. The van der Waals surface area contributed by atoms with Gasteiger partial charge in [0, 0.05) is 37.7 Å². The second-order valence-electron chi connectivity index (χ2n) is 6.95. The Labute approximate surface area is 147 Å². The summed E-state index contributed by atoms with van der Waals surface area (Å²) in [7, 11) is 0. The van der Waals surface area contributed by atoms with Crippen LogP contribution in [0.25, 0.3) is 5.65 Å². The highest BCUT2D eigenvalue weighted by molar-refractivity contribution is 5.74. The zero-order valence-electron chi connectivity index (χ0n) is 14.4. The van der Waals surface area contributed by atoms with Crippen LogP contribution in [0.2, 0.25) is 0 Å². The summed E-state index contributed by atoms with van der Waals surface area (Å²) >= 11 is 0. The number of aryl methyl sites for hydroxylation is 1. The lowest BCUT2D eigenvalue weighted by molar-refractivity contribution is 0.0549. The summed E-state index contributed by atoms with van der Waals surface area (Å²) in [6.07, 6.45) is 8.33. The van der Waals surface area contributed by atoms with Gasteiger partial charge >= 0.3 is 6.03 Å². The van der Waals surface area contributed by atoms with E-state index in [0.29, 0.717) is 18.6 Å². The number of pyridine rings is 1. The van der Waals surface area contributed by atoms with Gasteiger partial charge in [0.2, 0.25) is 0 Å². The molecule has 1 aliphatic heterocycles. The van der Waals surface area contributed by atoms with Crippen molar-refractivity contribution in [2.75, 3.05) is 13.2 Å². The summed E-state index contributed by atoms with van der Waals surface area (Å²) in [5.74, 6) is 1.41. The van der Waals surface area contributed by atoms with Gasteiger partial charge in [-0.05, 0) is 44.2 Å². The lowest BCUT2D eigenvalue weighted by Gasteiger charge is -2.33. The minimum atomic E-state index is -0.0661. The summed E-state index contributed by atoms with van der Waals surface area (Å²) in [6, 6.07) is 6.04. The van der Waals surface area contributed by atoms with Gasteiger partial charge in [0.25, 0.3) is 0 Å². The molecule has 2 aliphatic rings. The molecule has 7 heteroatoms. The van der Waals surface area contributed by atoms with E-state index in [0.717, 1.165) is 56.6 Å². The van der Waals surface area contributed by atoms with Crippen LogP contribution in [0.3, 0.4) is 0 Å². The van der Waals surface area contributed by atoms with Gasteiger partial charge in [-0.15, -0.1) is 10.2 Å². The summed E-state index contributed by atoms with van der Waals surface area (Å²) in [5.41, 5.74) is 0.855. The van der Waals surface area contributed by atoms with Crippen molar-refractivity contribution >= 4 is 11.7 Å². The van der Waals surface area contributed by atoms with Crippen molar-refractivity contribution in [2.24, 2.45) is 5.92 Å². The molecule has 7 nitrogen and oxygen atoms in total. The normalized spacial score (nSPS) is 25.7. The molecular formula is C18H25N5O2. The van der Waals surface area contributed by atoms with Gasteiger partial charge in [0.05, 0.1) is 6.10 Å². The molecule has 3 atom stereocenters. The highest BCUT2D eigenvalue weighted by Crippen LogP contribution is 2.34. The van der Waals surface area contributed by atoms with Gasteiger partial charge in [-0.25, -0.2) is 4.79 Å². The highest BCUT2D eigenvalue weighted by atomic mass is 16.5. The Morgan fingerprint density at radius 1 is 1.28 bits per heavy atom. The first-order chi connectivity index (χ1) is 12.3. The Bertz CT molecular complexity index is 731. The largest absolute Gasteiger partial charge is 0.378 e. The van der Waals surface area contributed by atoms with Gasteiger partial charge < -0.3 is 15.4 Å². The van der Waals surface area contributed by atoms with Crippen LogP contribution >= 0.6 is 0 Å². The number of nitrogens with one attached hydrogen (secondary N) is 2. The maximum Gasteiger partial charge on any atom is 0.315 e. The molecule has 0 bridgehead atoms. The number of urea groups is 1. The number of aromatic nitrogens is 3. The van der Waals surface area contributed by atoms with Crippen LogP contribution in [0.4, 0.5) is 4.79 Å². The summed E-state index contributed by atoms with van der Waals surface area (Å²) < 4.78 is 7.75. The van der Waals surface area contributed by atoms with Crippen molar-refractivity contribution in [2.45, 2.75) is 50.7 Å².